The molecule has 7 heteroatoms. The number of nitrogens with zero attached hydrogens (tertiary/aromatic N) is 2. The molecule has 7 nitrogen and oxygen atoms in total. The van der Waals surface area contributed by atoms with Gasteiger partial charge in [-0.25, -0.2) is 4.98 Å². The van der Waals surface area contributed by atoms with Crippen LogP contribution in [0.3, 0.4) is 0 Å². The Morgan fingerprint density at radius 2 is 2.46 bits per heavy atom. The van der Waals surface area contributed by atoms with Crippen LogP contribution in [0.1, 0.15) is 0 Å². The van der Waals surface area contributed by atoms with Crippen LogP contribution < -0.4 is 10.9 Å². The van der Waals surface area contributed by atoms with Crippen LogP contribution in [0.15, 0.2) is 11.1 Å². The molecule has 0 aliphatic rings. The second kappa shape index (κ2) is 2.87. The van der Waals surface area contributed by atoms with Crippen molar-refractivity contribution in [3.8, 4) is 0 Å². The normalized spacial score (nSPS) is 10.5. The van der Waals surface area contributed by atoms with E-state index in [1.54, 1.807) is 0 Å². The van der Waals surface area contributed by atoms with Crippen LogP contribution in [0, 0.1) is 0 Å². The van der Waals surface area contributed by atoms with E-state index in [0.29, 0.717) is 11.2 Å². The predicted octanol–water partition coefficient (Wildman–Crippen LogP) is -0.992. The van der Waals surface area contributed by atoms with Crippen LogP contribution >= 0.6 is 0 Å². The van der Waals surface area contributed by atoms with Crippen LogP contribution in [-0.2, 0) is 0 Å². The van der Waals surface area contributed by atoms with E-state index in [9.17, 15) is 4.79 Å². The van der Waals surface area contributed by atoms with Crippen molar-refractivity contribution in [2.24, 2.45) is 0 Å². The third-order valence-electron chi connectivity index (χ3n) is 1.54. The highest BCUT2D eigenvalue weighted by atomic mass is 16.3. The molecule has 0 fully saturated rings. The molecule has 0 atom stereocenters. The summed E-state index contributed by atoms with van der Waals surface area (Å²) in [7, 11) is 0. The molecule has 0 aliphatic carbocycles. The Kier molecular flexibility index (Phi) is 1.71. The first kappa shape index (κ1) is 7.74. The van der Waals surface area contributed by atoms with Gasteiger partial charge in [-0.05, 0) is 0 Å². The van der Waals surface area contributed by atoms with Gasteiger partial charge in [-0.3, -0.25) is 9.78 Å². The molecule has 2 rings (SSSR count). The summed E-state index contributed by atoms with van der Waals surface area (Å²) in [6.07, 6.45) is 1.38. The van der Waals surface area contributed by atoms with Crippen LogP contribution in [0.25, 0.3) is 11.2 Å². The standard InChI is InChI=1S/C6H7N5O2/c12-2-9-6-10-4-3(5(13)11-6)7-1-8-4/h1,12H,2H2,(H3,7,8,9,10,11,13). The Labute approximate surface area is 71.9 Å². The Bertz CT molecular complexity index is 473. The second-order valence-electron chi connectivity index (χ2n) is 2.35. The number of fused-ring (bicyclic) bond motifs is 1. The number of hydrogen-bond acceptors (Lipinski definition) is 5. The summed E-state index contributed by atoms with van der Waals surface area (Å²) in [5.41, 5.74) is 0.321. The molecule has 0 aliphatic heterocycles. The lowest BCUT2D eigenvalue weighted by Gasteiger charge is -1.98. The molecular formula is C6H7N5O2. The number of aromatic nitrogens is 4. The Hall–Kier alpha value is -1.89. The third kappa shape index (κ3) is 1.25. The van der Waals surface area contributed by atoms with Crippen molar-refractivity contribution in [2.45, 2.75) is 0 Å². The Balaban J connectivity index is 2.63. The minimum absolute atomic E-state index is 0.201. The van der Waals surface area contributed by atoms with E-state index in [4.69, 9.17) is 5.11 Å². The smallest absolute Gasteiger partial charge is 0.278 e. The molecule has 68 valence electrons. The number of aliphatic hydroxyl groups is 1. The molecular weight excluding hydrogens is 174 g/mol. The topological polar surface area (TPSA) is 107 Å². The molecule has 0 amide bonds. The summed E-state index contributed by atoms with van der Waals surface area (Å²) in [6, 6.07) is 0. The van der Waals surface area contributed by atoms with Gasteiger partial charge in [0.05, 0.1) is 6.33 Å². The van der Waals surface area contributed by atoms with Crippen LogP contribution in [0.2, 0.25) is 0 Å². The summed E-state index contributed by atoms with van der Waals surface area (Å²) in [4.78, 5) is 24.1. The highest BCUT2D eigenvalue weighted by Gasteiger charge is 2.03. The summed E-state index contributed by atoms with van der Waals surface area (Å²) in [6.45, 7) is -0.293. The first-order chi connectivity index (χ1) is 6.31. The van der Waals surface area contributed by atoms with Crippen LogP contribution in [0.4, 0.5) is 5.95 Å². The first-order valence-electron chi connectivity index (χ1n) is 3.59. The third-order valence-corrected chi connectivity index (χ3v) is 1.54. The number of aliphatic hydroxyl groups excluding tert-OH is 1. The molecule has 2 heterocycles. The summed E-state index contributed by atoms with van der Waals surface area (Å²) in [5.74, 6) is 0.201. The number of aromatic amines is 2. The van der Waals surface area contributed by atoms with Gasteiger partial charge < -0.3 is 15.4 Å². The zero-order valence-electron chi connectivity index (χ0n) is 6.53. The molecule has 2 aromatic rings. The van der Waals surface area contributed by atoms with Crippen molar-refractivity contribution in [2.75, 3.05) is 12.0 Å². The van der Waals surface area contributed by atoms with Gasteiger partial charge in [0.2, 0.25) is 5.95 Å². The predicted molar refractivity (Wildman–Crippen MR) is 45.2 cm³/mol. The molecule has 0 unspecified atom stereocenters. The molecule has 4 N–H and O–H groups in total. The largest absolute Gasteiger partial charge is 0.376 e. The maximum Gasteiger partial charge on any atom is 0.278 e. The van der Waals surface area contributed by atoms with Gasteiger partial charge in [0.15, 0.2) is 11.2 Å². The average Bonchev–Trinajstić information content (AvgIpc) is 2.53. The lowest BCUT2D eigenvalue weighted by atomic mass is 10.5. The van der Waals surface area contributed by atoms with Gasteiger partial charge >= 0.3 is 0 Å². The fraction of sp³-hybridized carbons (Fsp3) is 0.167. The minimum Gasteiger partial charge on any atom is -0.376 e. The van der Waals surface area contributed by atoms with E-state index >= 15 is 0 Å². The van der Waals surface area contributed by atoms with E-state index in [0.717, 1.165) is 0 Å². The average molecular weight is 181 g/mol. The van der Waals surface area contributed by atoms with Gasteiger partial charge in [-0.1, -0.05) is 0 Å². The lowest BCUT2D eigenvalue weighted by molar-refractivity contribution is 0.324. The van der Waals surface area contributed by atoms with Gasteiger partial charge in [-0.2, -0.15) is 4.98 Å². The van der Waals surface area contributed by atoms with E-state index in [1.807, 2.05) is 0 Å². The van der Waals surface area contributed by atoms with E-state index < -0.39 is 0 Å². The molecule has 0 saturated carbocycles. The molecule has 13 heavy (non-hydrogen) atoms. The Morgan fingerprint density at radius 1 is 1.62 bits per heavy atom. The second-order valence-corrected chi connectivity index (χ2v) is 2.35. The van der Waals surface area contributed by atoms with Crippen molar-refractivity contribution in [1.29, 1.82) is 0 Å². The molecule has 0 radical (unpaired) electrons. The quantitative estimate of drug-likeness (QED) is 0.445. The zero-order chi connectivity index (χ0) is 9.26. The Morgan fingerprint density at radius 3 is 3.23 bits per heavy atom. The fourth-order valence-corrected chi connectivity index (χ4v) is 1.00. The maximum absolute atomic E-state index is 11.2. The first-order valence-corrected chi connectivity index (χ1v) is 3.59. The molecule has 2 aromatic heterocycles. The molecule has 0 bridgehead atoms. The van der Waals surface area contributed by atoms with E-state index in [2.05, 4.69) is 25.3 Å². The maximum atomic E-state index is 11.2. The number of anilines is 1. The summed E-state index contributed by atoms with van der Waals surface area (Å²) in [5, 5.41) is 11.0. The van der Waals surface area contributed by atoms with Gasteiger partial charge in [-0.15, -0.1) is 0 Å². The van der Waals surface area contributed by atoms with Crippen molar-refractivity contribution in [3.63, 3.8) is 0 Å². The monoisotopic (exact) mass is 181 g/mol. The number of H-pyrrole nitrogens is 2. The molecule has 0 saturated heterocycles. The SMILES string of the molecule is O=c1[nH]c(NCO)nc2nc[nH]c12. The minimum atomic E-state index is -0.321. The number of nitrogens with one attached hydrogen (secondary N) is 3. The summed E-state index contributed by atoms with van der Waals surface area (Å²) >= 11 is 0. The highest BCUT2D eigenvalue weighted by Crippen LogP contribution is 2.01. The highest BCUT2D eigenvalue weighted by molar-refractivity contribution is 5.69. The molecule has 0 spiro atoms. The van der Waals surface area contributed by atoms with Gasteiger partial charge in [0.1, 0.15) is 6.73 Å². The lowest BCUT2D eigenvalue weighted by Crippen LogP contribution is -2.13. The number of rotatable bonds is 2. The molecule has 0 aromatic carbocycles. The zero-order valence-corrected chi connectivity index (χ0v) is 6.53. The van der Waals surface area contributed by atoms with Crippen LogP contribution in [0.5, 0.6) is 0 Å². The fourth-order valence-electron chi connectivity index (χ4n) is 1.00. The number of imidazole rings is 1. The number of hydrogen-bond donors (Lipinski definition) is 4. The van der Waals surface area contributed by atoms with Crippen molar-refractivity contribution >= 4 is 17.1 Å². The van der Waals surface area contributed by atoms with Crippen molar-refractivity contribution < 1.29 is 5.11 Å². The van der Waals surface area contributed by atoms with E-state index in [-0.39, 0.29) is 18.2 Å². The van der Waals surface area contributed by atoms with E-state index in [1.165, 1.54) is 6.33 Å². The van der Waals surface area contributed by atoms with Crippen molar-refractivity contribution in [3.05, 3.63) is 16.7 Å². The summed E-state index contributed by atoms with van der Waals surface area (Å²) < 4.78 is 0. The van der Waals surface area contributed by atoms with Crippen molar-refractivity contribution in [1.82, 2.24) is 19.9 Å². The van der Waals surface area contributed by atoms with Crippen LogP contribution in [-0.4, -0.2) is 31.8 Å². The van der Waals surface area contributed by atoms with Gasteiger partial charge in [0, 0.05) is 0 Å². The van der Waals surface area contributed by atoms with Gasteiger partial charge in [0.25, 0.3) is 5.56 Å².